The molecule has 31 heavy (non-hydrogen) atoms. The Bertz CT molecular complexity index is 984. The Kier molecular flexibility index (Phi) is 6.72. The van der Waals surface area contributed by atoms with E-state index < -0.39 is 4.87 Å². The molecule has 0 unspecified atom stereocenters. The summed E-state index contributed by atoms with van der Waals surface area (Å²) in [4.78, 5) is 11.8. The summed E-state index contributed by atoms with van der Waals surface area (Å²) in [5.41, 5.74) is 7.70. The van der Waals surface area contributed by atoms with Crippen LogP contribution in [0.3, 0.4) is 0 Å². The van der Waals surface area contributed by atoms with E-state index in [1.165, 1.54) is 11.8 Å². The van der Waals surface area contributed by atoms with Gasteiger partial charge in [-0.15, -0.1) is 0 Å². The summed E-state index contributed by atoms with van der Waals surface area (Å²) < 4.78 is 5.85. The fourth-order valence-electron chi connectivity index (χ4n) is 4.30. The second-order valence-corrected chi connectivity index (χ2v) is 10.8. The number of hydrogen-bond donors (Lipinski definition) is 3. The first-order valence-corrected chi connectivity index (χ1v) is 12.2. The van der Waals surface area contributed by atoms with Crippen LogP contribution in [0.5, 0.6) is 0 Å². The van der Waals surface area contributed by atoms with Crippen LogP contribution in [0.4, 0.5) is 5.82 Å². The summed E-state index contributed by atoms with van der Waals surface area (Å²) >= 11 is 18.6. The highest BCUT2D eigenvalue weighted by molar-refractivity contribution is 7.99. The van der Waals surface area contributed by atoms with Crippen molar-refractivity contribution in [3.63, 3.8) is 0 Å². The Labute approximate surface area is 202 Å². The highest BCUT2D eigenvalue weighted by atomic mass is 35.5. The standard InChI is InChI=1S/C21H26Cl2N4O2S2/c1-12-19(31-16-5-3-4-14(22)17(16)23)26-15(10-28)18(25-12)27-8-6-20(7-9-27)11-29-13(2)21(20,24)30/h3-5,13,28,30H,6-11,24H2,1-2H3/t13-,21-/m0/s1. The highest BCUT2D eigenvalue weighted by Gasteiger charge is 2.56. The molecule has 0 radical (unpaired) electrons. The summed E-state index contributed by atoms with van der Waals surface area (Å²) in [5, 5.41) is 11.7. The number of rotatable bonds is 4. The first-order chi connectivity index (χ1) is 14.7. The molecule has 2 atom stereocenters. The number of piperidine rings is 1. The van der Waals surface area contributed by atoms with Gasteiger partial charge in [-0.2, -0.15) is 12.6 Å². The molecule has 1 spiro atoms. The van der Waals surface area contributed by atoms with Crippen LogP contribution in [0.25, 0.3) is 0 Å². The molecule has 0 aliphatic carbocycles. The number of aromatic nitrogens is 2. The number of aliphatic hydroxyl groups excluding tert-OH is 1. The summed E-state index contributed by atoms with van der Waals surface area (Å²) in [6.45, 7) is 5.82. The lowest BCUT2D eigenvalue weighted by molar-refractivity contribution is 0.0971. The second-order valence-electron chi connectivity index (χ2n) is 8.24. The van der Waals surface area contributed by atoms with Crippen molar-refractivity contribution in [1.29, 1.82) is 0 Å². The van der Waals surface area contributed by atoms with Gasteiger partial charge in [0.15, 0.2) is 5.82 Å². The molecule has 0 amide bonds. The minimum atomic E-state index is -0.656. The number of anilines is 1. The molecule has 3 heterocycles. The van der Waals surface area contributed by atoms with Gasteiger partial charge < -0.3 is 20.5 Å². The van der Waals surface area contributed by atoms with Crippen LogP contribution in [0, 0.1) is 12.3 Å². The molecule has 4 rings (SSSR count). The number of nitrogens with zero attached hydrogens (tertiary/aromatic N) is 3. The lowest BCUT2D eigenvalue weighted by Gasteiger charge is -2.46. The van der Waals surface area contributed by atoms with Gasteiger partial charge in [0.2, 0.25) is 0 Å². The Hall–Kier alpha value is -0.740. The SMILES string of the molecule is Cc1nc(N2CCC3(CC2)CO[C@@H](C)[C@]3(N)S)c(CO)nc1Sc1cccc(Cl)c1Cl. The predicted molar refractivity (Wildman–Crippen MR) is 128 cm³/mol. The van der Waals surface area contributed by atoms with Gasteiger partial charge in [-0.05, 0) is 38.8 Å². The highest BCUT2D eigenvalue weighted by Crippen LogP contribution is 2.50. The Morgan fingerprint density at radius 3 is 2.65 bits per heavy atom. The van der Waals surface area contributed by atoms with Gasteiger partial charge in [0.1, 0.15) is 10.7 Å². The number of aryl methyl sites for hydroxylation is 1. The van der Waals surface area contributed by atoms with E-state index in [0.717, 1.165) is 36.5 Å². The first-order valence-electron chi connectivity index (χ1n) is 10.2. The van der Waals surface area contributed by atoms with E-state index in [1.54, 1.807) is 6.07 Å². The number of aliphatic hydroxyl groups is 1. The quantitative estimate of drug-likeness (QED) is 0.425. The molecule has 6 nitrogen and oxygen atoms in total. The minimum absolute atomic E-state index is 0.0907. The van der Waals surface area contributed by atoms with E-state index in [9.17, 15) is 5.11 Å². The normalized spacial score (nSPS) is 25.4. The Morgan fingerprint density at radius 1 is 1.32 bits per heavy atom. The molecule has 168 valence electrons. The van der Waals surface area contributed by atoms with Gasteiger partial charge >= 0.3 is 0 Å². The molecule has 2 aromatic rings. The summed E-state index contributed by atoms with van der Waals surface area (Å²) in [6, 6.07) is 5.48. The van der Waals surface area contributed by atoms with Gasteiger partial charge in [0.25, 0.3) is 0 Å². The van der Waals surface area contributed by atoms with Gasteiger partial charge in [-0.1, -0.05) is 41.0 Å². The monoisotopic (exact) mass is 500 g/mol. The van der Waals surface area contributed by atoms with E-state index in [1.807, 2.05) is 26.0 Å². The maximum Gasteiger partial charge on any atom is 0.153 e. The molecule has 1 aromatic heterocycles. The minimum Gasteiger partial charge on any atom is -0.390 e. The number of benzene rings is 1. The fraction of sp³-hybridized carbons (Fsp3) is 0.524. The summed E-state index contributed by atoms with van der Waals surface area (Å²) in [7, 11) is 0. The van der Waals surface area contributed by atoms with Crippen LogP contribution in [0.15, 0.2) is 28.1 Å². The zero-order valence-corrected chi connectivity index (χ0v) is 20.7. The Balaban J connectivity index is 1.56. The molecule has 2 aliphatic heterocycles. The number of halogens is 2. The first kappa shape index (κ1) is 23.4. The smallest absolute Gasteiger partial charge is 0.153 e. The maximum absolute atomic E-state index is 10.0. The number of thiol groups is 1. The van der Waals surface area contributed by atoms with Crippen molar-refractivity contribution in [2.75, 3.05) is 24.6 Å². The molecule has 2 fully saturated rings. The van der Waals surface area contributed by atoms with Crippen molar-refractivity contribution in [1.82, 2.24) is 9.97 Å². The van der Waals surface area contributed by atoms with Crippen molar-refractivity contribution in [2.45, 2.75) is 54.2 Å². The van der Waals surface area contributed by atoms with Crippen LogP contribution in [-0.4, -0.2) is 45.7 Å². The number of hydrogen-bond acceptors (Lipinski definition) is 8. The van der Waals surface area contributed by atoms with Crippen LogP contribution < -0.4 is 10.6 Å². The molecular formula is C21H26Cl2N4O2S2. The van der Waals surface area contributed by atoms with E-state index in [4.69, 9.17) is 56.3 Å². The molecule has 2 aliphatic rings. The lowest BCUT2D eigenvalue weighted by atomic mass is 9.73. The van der Waals surface area contributed by atoms with Gasteiger partial charge in [-0.3, -0.25) is 0 Å². The van der Waals surface area contributed by atoms with Crippen LogP contribution in [0.2, 0.25) is 10.0 Å². The van der Waals surface area contributed by atoms with Crippen molar-refractivity contribution in [2.24, 2.45) is 11.1 Å². The second kappa shape index (κ2) is 8.89. The van der Waals surface area contributed by atoms with E-state index in [-0.39, 0.29) is 18.1 Å². The maximum atomic E-state index is 10.0. The molecule has 0 saturated carbocycles. The third kappa shape index (κ3) is 4.16. The average molecular weight is 502 g/mol. The Morgan fingerprint density at radius 2 is 2.03 bits per heavy atom. The fourth-order valence-corrected chi connectivity index (χ4v) is 6.04. The molecule has 3 N–H and O–H groups in total. The lowest BCUT2D eigenvalue weighted by Crippen LogP contribution is -2.58. The van der Waals surface area contributed by atoms with Crippen molar-refractivity contribution >= 4 is 53.4 Å². The topological polar surface area (TPSA) is 84.5 Å². The van der Waals surface area contributed by atoms with Gasteiger partial charge in [-0.25, -0.2) is 9.97 Å². The predicted octanol–water partition coefficient (Wildman–Crippen LogP) is 4.33. The molecule has 1 aromatic carbocycles. The zero-order valence-electron chi connectivity index (χ0n) is 17.4. The number of nitrogens with two attached hydrogens (primary N) is 1. The average Bonchev–Trinajstić information content (AvgIpc) is 2.96. The number of ether oxygens (including phenoxy) is 1. The van der Waals surface area contributed by atoms with Gasteiger partial charge in [0, 0.05) is 23.4 Å². The van der Waals surface area contributed by atoms with Crippen LogP contribution >= 0.6 is 47.6 Å². The van der Waals surface area contributed by atoms with Crippen molar-refractivity contribution in [3.05, 3.63) is 39.6 Å². The van der Waals surface area contributed by atoms with Crippen molar-refractivity contribution in [3.8, 4) is 0 Å². The van der Waals surface area contributed by atoms with Crippen molar-refractivity contribution < 1.29 is 9.84 Å². The van der Waals surface area contributed by atoms with E-state index in [0.29, 0.717) is 33.2 Å². The van der Waals surface area contributed by atoms with Crippen LogP contribution in [-0.2, 0) is 11.3 Å². The van der Waals surface area contributed by atoms with Crippen LogP contribution in [0.1, 0.15) is 31.2 Å². The molecule has 2 saturated heterocycles. The van der Waals surface area contributed by atoms with E-state index in [2.05, 4.69) is 4.90 Å². The molecule has 10 heteroatoms. The molecule has 0 bridgehead atoms. The van der Waals surface area contributed by atoms with Gasteiger partial charge in [0.05, 0.1) is 39.9 Å². The third-order valence-corrected chi connectivity index (χ3v) is 9.36. The third-order valence-electron chi connectivity index (χ3n) is 6.45. The summed E-state index contributed by atoms with van der Waals surface area (Å²) in [6.07, 6.45) is 1.60. The largest absolute Gasteiger partial charge is 0.390 e. The zero-order chi connectivity index (χ0) is 22.4. The molecular weight excluding hydrogens is 475 g/mol. The van der Waals surface area contributed by atoms with E-state index >= 15 is 0 Å². The summed E-state index contributed by atoms with van der Waals surface area (Å²) in [5.74, 6) is 0.713.